The summed E-state index contributed by atoms with van der Waals surface area (Å²) in [6, 6.07) is 16.9. The standard InChI is InChI=1S/C28H19BrCl3NO5S/c1-2-37-28(36)24-25(34)23(39-27(24)33-26(35)18-5-3-4-6-20(18)31)12-15-7-10-22(19(29)11-15)38-14-16-8-9-17(30)13-21(16)32/h3-13,34H,2,14H2,1H3/b23-12-,33-27?. The van der Waals surface area contributed by atoms with Crippen molar-refractivity contribution in [2.24, 2.45) is 4.99 Å². The van der Waals surface area contributed by atoms with Crippen LogP contribution in [0.4, 0.5) is 0 Å². The molecular weight excluding hydrogens is 649 g/mol. The monoisotopic (exact) mass is 665 g/mol. The van der Waals surface area contributed by atoms with Crippen LogP contribution in [0, 0.1) is 0 Å². The van der Waals surface area contributed by atoms with Gasteiger partial charge in [0, 0.05) is 15.6 Å². The summed E-state index contributed by atoms with van der Waals surface area (Å²) >= 11 is 22.8. The third kappa shape index (κ3) is 7.07. The number of carbonyl (C=O) groups is 2. The summed E-state index contributed by atoms with van der Waals surface area (Å²) in [6.45, 7) is 1.96. The van der Waals surface area contributed by atoms with Gasteiger partial charge in [0.25, 0.3) is 5.91 Å². The molecule has 0 aromatic heterocycles. The minimum absolute atomic E-state index is 0.0148. The van der Waals surface area contributed by atoms with E-state index in [1.54, 1.807) is 67.6 Å². The lowest BCUT2D eigenvalue weighted by Crippen LogP contribution is -2.14. The van der Waals surface area contributed by atoms with Gasteiger partial charge in [0.15, 0.2) is 0 Å². The molecule has 1 N–H and O–H groups in total. The van der Waals surface area contributed by atoms with Gasteiger partial charge in [0.1, 0.15) is 28.7 Å². The maximum atomic E-state index is 12.8. The van der Waals surface area contributed by atoms with E-state index in [4.69, 9.17) is 44.3 Å². The SMILES string of the molecule is CCOC(=O)C1=C(O)/C(=C/c2ccc(OCc3ccc(Cl)cc3Cl)c(Br)c2)SC1=NC(=O)c1ccccc1Cl. The van der Waals surface area contributed by atoms with E-state index in [-0.39, 0.29) is 40.2 Å². The molecule has 0 aliphatic carbocycles. The van der Waals surface area contributed by atoms with Crippen molar-refractivity contribution < 1.29 is 24.2 Å². The van der Waals surface area contributed by atoms with Gasteiger partial charge in [-0.3, -0.25) is 4.79 Å². The molecule has 200 valence electrons. The van der Waals surface area contributed by atoms with E-state index < -0.39 is 11.9 Å². The number of rotatable bonds is 7. The number of ether oxygens (including phenoxy) is 2. The zero-order chi connectivity index (χ0) is 28.1. The van der Waals surface area contributed by atoms with Crippen molar-refractivity contribution in [2.75, 3.05) is 6.61 Å². The summed E-state index contributed by atoms with van der Waals surface area (Å²) in [4.78, 5) is 29.8. The summed E-state index contributed by atoms with van der Waals surface area (Å²) in [5.74, 6) is -1.20. The molecule has 11 heteroatoms. The van der Waals surface area contributed by atoms with E-state index in [9.17, 15) is 14.7 Å². The summed E-state index contributed by atoms with van der Waals surface area (Å²) in [5.41, 5.74) is 1.45. The number of aliphatic hydroxyl groups excluding tert-OH is 1. The number of carbonyl (C=O) groups excluding carboxylic acids is 2. The first-order valence-corrected chi connectivity index (χ1v) is 14.2. The number of halogens is 4. The van der Waals surface area contributed by atoms with Gasteiger partial charge in [-0.15, -0.1) is 0 Å². The van der Waals surface area contributed by atoms with Crippen molar-refractivity contribution >= 4 is 85.5 Å². The lowest BCUT2D eigenvalue weighted by molar-refractivity contribution is -0.138. The maximum absolute atomic E-state index is 12.8. The Bertz CT molecular complexity index is 1550. The van der Waals surface area contributed by atoms with Crippen LogP contribution in [-0.4, -0.2) is 28.6 Å². The number of nitrogens with zero attached hydrogens (tertiary/aromatic N) is 1. The number of benzene rings is 3. The quantitative estimate of drug-likeness (QED) is 0.254. The number of aliphatic hydroxyl groups is 1. The maximum Gasteiger partial charge on any atom is 0.344 e. The van der Waals surface area contributed by atoms with Crippen molar-refractivity contribution in [3.63, 3.8) is 0 Å². The van der Waals surface area contributed by atoms with Crippen LogP contribution in [0.15, 0.2) is 86.4 Å². The molecule has 3 aromatic carbocycles. The Balaban J connectivity index is 1.60. The molecule has 0 atom stereocenters. The lowest BCUT2D eigenvalue weighted by Gasteiger charge is -2.10. The molecule has 0 saturated carbocycles. The summed E-state index contributed by atoms with van der Waals surface area (Å²) in [6.07, 6.45) is 1.66. The Morgan fingerprint density at radius 2 is 1.82 bits per heavy atom. The third-order valence-corrected chi connectivity index (χ3v) is 7.89. The minimum Gasteiger partial charge on any atom is -0.506 e. The Labute approximate surface area is 252 Å². The van der Waals surface area contributed by atoms with E-state index >= 15 is 0 Å². The van der Waals surface area contributed by atoms with Gasteiger partial charge >= 0.3 is 5.97 Å². The van der Waals surface area contributed by atoms with Gasteiger partial charge in [-0.25, -0.2) is 9.79 Å². The van der Waals surface area contributed by atoms with Gasteiger partial charge < -0.3 is 14.6 Å². The minimum atomic E-state index is -0.789. The van der Waals surface area contributed by atoms with Crippen molar-refractivity contribution in [3.05, 3.63) is 113 Å². The molecule has 1 aliphatic rings. The zero-order valence-corrected chi connectivity index (χ0v) is 24.9. The Morgan fingerprint density at radius 3 is 2.51 bits per heavy atom. The van der Waals surface area contributed by atoms with Crippen molar-refractivity contribution in [2.45, 2.75) is 13.5 Å². The van der Waals surface area contributed by atoms with Crippen LogP contribution in [-0.2, 0) is 16.1 Å². The largest absolute Gasteiger partial charge is 0.506 e. The van der Waals surface area contributed by atoms with E-state index in [1.165, 1.54) is 6.07 Å². The second-order valence-corrected chi connectivity index (χ2v) is 11.1. The Hall–Kier alpha value is -2.75. The first-order valence-electron chi connectivity index (χ1n) is 11.4. The molecule has 0 fully saturated rings. The average molecular weight is 668 g/mol. The highest BCUT2D eigenvalue weighted by Gasteiger charge is 2.34. The van der Waals surface area contributed by atoms with Gasteiger partial charge in [-0.05, 0) is 70.9 Å². The van der Waals surface area contributed by atoms with Crippen molar-refractivity contribution in [1.29, 1.82) is 0 Å². The molecule has 39 heavy (non-hydrogen) atoms. The highest BCUT2D eigenvalue weighted by Crippen LogP contribution is 2.40. The van der Waals surface area contributed by atoms with Gasteiger partial charge in [0.2, 0.25) is 0 Å². The fraction of sp³-hybridized carbons (Fsp3) is 0.107. The lowest BCUT2D eigenvalue weighted by atomic mass is 10.1. The van der Waals surface area contributed by atoms with Crippen LogP contribution in [0.5, 0.6) is 5.75 Å². The van der Waals surface area contributed by atoms with Gasteiger partial charge in [0.05, 0.1) is 26.6 Å². The van der Waals surface area contributed by atoms with Gasteiger partial charge in [-0.2, -0.15) is 0 Å². The molecule has 1 amide bonds. The summed E-state index contributed by atoms with van der Waals surface area (Å²) < 4.78 is 11.6. The second-order valence-electron chi connectivity index (χ2n) is 7.97. The second kappa shape index (κ2) is 13.1. The van der Waals surface area contributed by atoms with Crippen LogP contribution in [0.25, 0.3) is 6.08 Å². The predicted octanol–water partition coefficient (Wildman–Crippen LogP) is 8.69. The normalized spacial score (nSPS) is 15.2. The molecule has 3 aromatic rings. The molecule has 1 heterocycles. The van der Waals surface area contributed by atoms with Crippen LogP contribution in [0.1, 0.15) is 28.4 Å². The molecular formula is C28H19BrCl3NO5S. The number of hydrogen-bond acceptors (Lipinski definition) is 6. The highest BCUT2D eigenvalue weighted by molar-refractivity contribution is 9.10. The first kappa shape index (κ1) is 29.2. The van der Waals surface area contributed by atoms with E-state index in [0.29, 0.717) is 30.7 Å². The van der Waals surface area contributed by atoms with Crippen LogP contribution >= 0.6 is 62.5 Å². The van der Waals surface area contributed by atoms with Crippen LogP contribution in [0.3, 0.4) is 0 Å². The predicted molar refractivity (Wildman–Crippen MR) is 160 cm³/mol. The molecule has 0 radical (unpaired) electrons. The van der Waals surface area contributed by atoms with Crippen molar-refractivity contribution in [3.8, 4) is 5.75 Å². The van der Waals surface area contributed by atoms with Crippen molar-refractivity contribution in [1.82, 2.24) is 0 Å². The van der Waals surface area contributed by atoms with E-state index in [1.807, 2.05) is 0 Å². The smallest absolute Gasteiger partial charge is 0.344 e. The zero-order valence-electron chi connectivity index (χ0n) is 20.2. The number of thioether (sulfide) groups is 1. The van der Waals surface area contributed by atoms with E-state index in [0.717, 1.165) is 17.3 Å². The Morgan fingerprint density at radius 1 is 1.05 bits per heavy atom. The molecule has 6 nitrogen and oxygen atoms in total. The highest BCUT2D eigenvalue weighted by atomic mass is 79.9. The fourth-order valence-corrected chi connectivity index (χ4v) is 5.65. The number of esters is 1. The molecule has 0 spiro atoms. The number of hydrogen-bond donors (Lipinski definition) is 1. The molecule has 0 bridgehead atoms. The molecule has 0 unspecified atom stereocenters. The van der Waals surface area contributed by atoms with Crippen LogP contribution in [0.2, 0.25) is 15.1 Å². The number of amides is 1. The first-order chi connectivity index (χ1) is 18.7. The summed E-state index contributed by atoms with van der Waals surface area (Å²) in [5, 5.41) is 12.2. The number of aliphatic imine (C=N–C) groups is 1. The van der Waals surface area contributed by atoms with E-state index in [2.05, 4.69) is 20.9 Å². The summed E-state index contributed by atoms with van der Waals surface area (Å²) in [7, 11) is 0. The molecule has 4 rings (SSSR count). The topological polar surface area (TPSA) is 85.2 Å². The molecule has 1 aliphatic heterocycles. The Kier molecular flexibility index (Phi) is 9.80. The fourth-order valence-electron chi connectivity index (χ4n) is 3.45. The third-order valence-electron chi connectivity index (χ3n) is 5.33. The van der Waals surface area contributed by atoms with Crippen LogP contribution < -0.4 is 4.74 Å². The van der Waals surface area contributed by atoms with Gasteiger partial charge in [-0.1, -0.05) is 70.8 Å². The average Bonchev–Trinajstić information content (AvgIpc) is 3.19. The molecule has 0 saturated heterocycles.